The number of hydrogen-bond acceptors (Lipinski definition) is 4. The van der Waals surface area contributed by atoms with Crippen LogP contribution in [-0.4, -0.2) is 32.7 Å². The second-order valence-corrected chi connectivity index (χ2v) is 11.5. The van der Waals surface area contributed by atoms with Crippen molar-refractivity contribution < 1.29 is 4.74 Å². The number of nitrogens with zero attached hydrogens (tertiary/aromatic N) is 5. The average Bonchev–Trinajstić information content (AvgIpc) is 3.74. The molecular weight excluding hydrogens is 554 g/mol. The summed E-state index contributed by atoms with van der Waals surface area (Å²) in [4.78, 5) is 8.99. The van der Waals surface area contributed by atoms with Crippen molar-refractivity contribution in [2.24, 2.45) is 0 Å². The van der Waals surface area contributed by atoms with Gasteiger partial charge in [0, 0.05) is 64.5 Å². The summed E-state index contributed by atoms with van der Waals surface area (Å²) in [6.45, 7) is 0.745. The van der Waals surface area contributed by atoms with E-state index in [-0.39, 0.29) is 0 Å². The van der Waals surface area contributed by atoms with E-state index in [0.29, 0.717) is 5.88 Å². The smallest absolute Gasteiger partial charge is 0.219 e. The summed E-state index contributed by atoms with van der Waals surface area (Å²) >= 11 is 0. The third-order valence-electron chi connectivity index (χ3n) is 8.76. The highest BCUT2D eigenvalue weighted by Gasteiger charge is 2.24. The van der Waals surface area contributed by atoms with Gasteiger partial charge in [0.05, 0.1) is 28.7 Å². The fourth-order valence-electron chi connectivity index (χ4n) is 6.76. The van der Waals surface area contributed by atoms with Crippen LogP contribution in [0.5, 0.6) is 11.6 Å². The minimum atomic E-state index is 0.575. The Hall–Kier alpha value is -6.01. The van der Waals surface area contributed by atoms with E-state index in [4.69, 9.17) is 4.74 Å². The molecule has 3 aromatic heterocycles. The predicted molar refractivity (Wildman–Crippen MR) is 184 cm³/mol. The van der Waals surface area contributed by atoms with Gasteiger partial charge in [-0.25, -0.2) is 4.98 Å². The Kier molecular flexibility index (Phi) is 5.68. The Balaban J connectivity index is 1.16. The highest BCUT2D eigenvalue weighted by Crippen LogP contribution is 2.38. The monoisotopic (exact) mass is 583 g/mol. The van der Waals surface area contributed by atoms with E-state index in [1.807, 2.05) is 24.3 Å². The number of rotatable bonds is 5. The van der Waals surface area contributed by atoms with Gasteiger partial charge in [0.25, 0.3) is 0 Å². The number of anilines is 1. The fraction of sp³-hybridized carbons (Fsp3) is 0.0513. The highest BCUT2D eigenvalue weighted by molar-refractivity contribution is 6.11. The van der Waals surface area contributed by atoms with Crippen LogP contribution >= 0.6 is 0 Å². The van der Waals surface area contributed by atoms with Gasteiger partial charge >= 0.3 is 0 Å². The van der Waals surface area contributed by atoms with Crippen LogP contribution in [0.4, 0.5) is 5.69 Å². The maximum Gasteiger partial charge on any atom is 0.219 e. The summed E-state index contributed by atoms with van der Waals surface area (Å²) in [7, 11) is 2.16. The zero-order valence-electron chi connectivity index (χ0n) is 24.7. The van der Waals surface area contributed by atoms with Crippen LogP contribution in [0.2, 0.25) is 0 Å². The predicted octanol–water partition coefficient (Wildman–Crippen LogP) is 9.24. The van der Waals surface area contributed by atoms with Crippen molar-refractivity contribution in [3.63, 3.8) is 0 Å². The molecule has 6 heteroatoms. The summed E-state index contributed by atoms with van der Waals surface area (Å²) in [5.41, 5.74) is 6.88. The lowest BCUT2D eigenvalue weighted by Crippen LogP contribution is -2.24. The SMILES string of the molecule is CN1CN(c2cccc(-n3c4ccccc4c4ccc(Oc5ccccn5)cc43)c2)C=C1n1c2ccccc2c2ccccc21. The van der Waals surface area contributed by atoms with Crippen LogP contribution in [0.15, 0.2) is 146 Å². The van der Waals surface area contributed by atoms with Crippen LogP contribution in [0, 0.1) is 0 Å². The fourth-order valence-corrected chi connectivity index (χ4v) is 6.76. The van der Waals surface area contributed by atoms with Gasteiger partial charge in [0.15, 0.2) is 0 Å². The Bertz CT molecular complexity index is 2370. The molecule has 1 aliphatic heterocycles. The van der Waals surface area contributed by atoms with Crippen molar-refractivity contribution in [2.75, 3.05) is 18.6 Å². The van der Waals surface area contributed by atoms with E-state index in [0.717, 1.165) is 40.6 Å². The van der Waals surface area contributed by atoms with Gasteiger partial charge in [0.1, 0.15) is 11.6 Å². The molecule has 216 valence electrons. The summed E-state index contributed by atoms with van der Waals surface area (Å²) in [5.74, 6) is 2.47. The van der Waals surface area contributed by atoms with E-state index >= 15 is 0 Å². The van der Waals surface area contributed by atoms with Crippen molar-refractivity contribution in [1.29, 1.82) is 0 Å². The van der Waals surface area contributed by atoms with Gasteiger partial charge in [-0.15, -0.1) is 0 Å². The molecule has 9 rings (SSSR count). The van der Waals surface area contributed by atoms with Gasteiger partial charge < -0.3 is 19.1 Å². The van der Waals surface area contributed by atoms with E-state index in [1.165, 1.54) is 32.6 Å². The molecular formula is C39H29N5O. The van der Waals surface area contributed by atoms with Crippen molar-refractivity contribution in [2.45, 2.75) is 0 Å². The van der Waals surface area contributed by atoms with Crippen LogP contribution in [0.3, 0.4) is 0 Å². The summed E-state index contributed by atoms with van der Waals surface area (Å²) in [6.07, 6.45) is 4.01. The highest BCUT2D eigenvalue weighted by atomic mass is 16.5. The molecule has 45 heavy (non-hydrogen) atoms. The number of pyridine rings is 1. The van der Waals surface area contributed by atoms with Crippen LogP contribution in [0.1, 0.15) is 0 Å². The molecule has 0 N–H and O–H groups in total. The third kappa shape index (κ3) is 4.07. The van der Waals surface area contributed by atoms with E-state index in [1.54, 1.807) is 6.20 Å². The maximum absolute atomic E-state index is 6.15. The Labute approximate surface area is 260 Å². The first kappa shape index (κ1) is 25.5. The number of fused-ring (bicyclic) bond motifs is 6. The molecule has 0 saturated carbocycles. The average molecular weight is 584 g/mol. The molecule has 0 radical (unpaired) electrons. The molecule has 0 saturated heterocycles. The zero-order chi connectivity index (χ0) is 29.9. The van der Waals surface area contributed by atoms with Crippen LogP contribution < -0.4 is 9.64 Å². The molecule has 0 unspecified atom stereocenters. The normalized spacial score (nSPS) is 13.4. The molecule has 1 aliphatic rings. The van der Waals surface area contributed by atoms with Crippen molar-refractivity contribution in [3.05, 3.63) is 146 Å². The van der Waals surface area contributed by atoms with Crippen molar-refractivity contribution in [1.82, 2.24) is 19.0 Å². The minimum absolute atomic E-state index is 0.575. The molecule has 0 spiro atoms. The lowest BCUT2D eigenvalue weighted by Gasteiger charge is -2.21. The topological polar surface area (TPSA) is 38.5 Å². The second kappa shape index (κ2) is 10.0. The van der Waals surface area contributed by atoms with E-state index in [2.05, 4.69) is 146 Å². The number of hydrogen-bond donors (Lipinski definition) is 0. The summed E-state index contributed by atoms with van der Waals surface area (Å²) in [6, 6.07) is 46.6. The largest absolute Gasteiger partial charge is 0.439 e. The standard InChI is InChI=1S/C39H29N5O/c1-41-26-42(25-39(41)44-35-17-6-3-13-30(35)31-14-4-7-18-36(31)44)27-11-10-12-28(23-27)43-34-16-5-2-15-32(34)33-21-20-29(24-37(33)43)45-38-19-8-9-22-40-38/h2-25H,26H2,1H3. The molecule has 5 aromatic carbocycles. The Morgan fingerprint density at radius 2 is 1.18 bits per heavy atom. The van der Waals surface area contributed by atoms with E-state index in [9.17, 15) is 0 Å². The van der Waals surface area contributed by atoms with Gasteiger partial charge in [-0.05, 0) is 54.6 Å². The quantitative estimate of drug-likeness (QED) is 0.202. The summed E-state index contributed by atoms with van der Waals surface area (Å²) in [5, 5.41) is 4.91. The van der Waals surface area contributed by atoms with Crippen LogP contribution in [-0.2, 0) is 0 Å². The summed E-state index contributed by atoms with van der Waals surface area (Å²) < 4.78 is 10.9. The van der Waals surface area contributed by atoms with Gasteiger partial charge in [-0.1, -0.05) is 66.7 Å². The second-order valence-electron chi connectivity index (χ2n) is 11.5. The molecule has 4 heterocycles. The van der Waals surface area contributed by atoms with Crippen LogP contribution in [0.25, 0.3) is 55.1 Å². The first-order valence-corrected chi connectivity index (χ1v) is 15.1. The molecule has 8 aromatic rings. The van der Waals surface area contributed by atoms with Crippen molar-refractivity contribution in [3.8, 4) is 17.3 Å². The van der Waals surface area contributed by atoms with Gasteiger partial charge in [-0.3, -0.25) is 4.57 Å². The first-order valence-electron chi connectivity index (χ1n) is 15.1. The zero-order valence-corrected chi connectivity index (χ0v) is 24.7. The number of aromatic nitrogens is 3. The first-order chi connectivity index (χ1) is 22.2. The lowest BCUT2D eigenvalue weighted by molar-refractivity contribution is 0.463. The number of ether oxygens (including phenoxy) is 1. The molecule has 0 amide bonds. The maximum atomic E-state index is 6.15. The number of benzene rings is 5. The number of para-hydroxylation sites is 3. The molecule has 0 aliphatic carbocycles. The molecule has 0 atom stereocenters. The Morgan fingerprint density at radius 3 is 1.87 bits per heavy atom. The molecule has 6 nitrogen and oxygen atoms in total. The third-order valence-corrected chi connectivity index (χ3v) is 8.76. The van der Waals surface area contributed by atoms with Gasteiger partial charge in [-0.2, -0.15) is 0 Å². The minimum Gasteiger partial charge on any atom is -0.439 e. The Morgan fingerprint density at radius 1 is 0.556 bits per heavy atom. The molecule has 0 bridgehead atoms. The molecule has 0 fully saturated rings. The van der Waals surface area contributed by atoms with E-state index < -0.39 is 0 Å². The van der Waals surface area contributed by atoms with Crippen molar-refractivity contribution >= 4 is 55.1 Å². The van der Waals surface area contributed by atoms with Gasteiger partial charge in [0.2, 0.25) is 5.88 Å². The lowest BCUT2D eigenvalue weighted by atomic mass is 10.1.